The Bertz CT molecular complexity index is 409. The lowest BCUT2D eigenvalue weighted by molar-refractivity contribution is -0.140. The van der Waals surface area contributed by atoms with Gasteiger partial charge in [-0.05, 0) is 18.1 Å². The summed E-state index contributed by atoms with van der Waals surface area (Å²) in [5.41, 5.74) is 0.458. The van der Waals surface area contributed by atoms with Crippen LogP contribution in [0.3, 0.4) is 0 Å². The van der Waals surface area contributed by atoms with Gasteiger partial charge in [-0.25, -0.2) is 4.39 Å². The molecule has 0 aromatic heterocycles. The Labute approximate surface area is 108 Å². The first kappa shape index (κ1) is 14.1. The molecule has 17 heavy (non-hydrogen) atoms. The summed E-state index contributed by atoms with van der Waals surface area (Å²) in [6, 6.07) is 4.05. The van der Waals surface area contributed by atoms with Gasteiger partial charge in [0.05, 0.1) is 0 Å². The number of carboxylic acid groups (broad SMARTS) is 1. The summed E-state index contributed by atoms with van der Waals surface area (Å²) in [6.45, 7) is 3.82. The van der Waals surface area contributed by atoms with Gasteiger partial charge < -0.3 is 5.11 Å². The Morgan fingerprint density at radius 3 is 2.65 bits per heavy atom. The predicted molar refractivity (Wildman–Crippen MR) is 67.2 cm³/mol. The lowest BCUT2D eigenvalue weighted by atomic mass is 10.0. The zero-order valence-electron chi connectivity index (χ0n) is 9.71. The van der Waals surface area contributed by atoms with Crippen molar-refractivity contribution in [2.24, 2.45) is 5.92 Å². The Morgan fingerprint density at radius 2 is 2.18 bits per heavy atom. The van der Waals surface area contributed by atoms with Gasteiger partial charge in [0.25, 0.3) is 0 Å². The number of carboxylic acids is 1. The van der Waals surface area contributed by atoms with E-state index in [1.807, 2.05) is 13.8 Å². The van der Waals surface area contributed by atoms with Crippen molar-refractivity contribution >= 4 is 21.9 Å². The van der Waals surface area contributed by atoms with E-state index in [-0.39, 0.29) is 18.3 Å². The van der Waals surface area contributed by atoms with Gasteiger partial charge in [-0.1, -0.05) is 35.8 Å². The molecule has 1 aromatic carbocycles. The molecule has 94 valence electrons. The van der Waals surface area contributed by atoms with E-state index in [1.54, 1.807) is 12.1 Å². The van der Waals surface area contributed by atoms with Crippen LogP contribution in [0, 0.1) is 11.7 Å². The summed E-state index contributed by atoms with van der Waals surface area (Å²) in [6.07, 6.45) is 0. The second-order valence-corrected chi connectivity index (χ2v) is 5.09. The van der Waals surface area contributed by atoms with E-state index >= 15 is 0 Å². The molecular formula is C12H15BrFNO2. The van der Waals surface area contributed by atoms with Gasteiger partial charge in [0, 0.05) is 16.6 Å². The maximum Gasteiger partial charge on any atom is 0.320 e. The molecule has 0 bridgehead atoms. The molecular weight excluding hydrogens is 289 g/mol. The number of rotatable bonds is 5. The number of halogens is 2. The first-order valence-corrected chi connectivity index (χ1v) is 6.11. The van der Waals surface area contributed by atoms with E-state index in [2.05, 4.69) is 21.2 Å². The number of benzene rings is 1. The van der Waals surface area contributed by atoms with Gasteiger partial charge in [0.1, 0.15) is 11.9 Å². The van der Waals surface area contributed by atoms with Crippen LogP contribution in [0.5, 0.6) is 0 Å². The number of carbonyl (C=O) groups is 1. The lowest BCUT2D eigenvalue weighted by Gasteiger charge is -2.18. The Morgan fingerprint density at radius 1 is 1.53 bits per heavy atom. The summed E-state index contributed by atoms with van der Waals surface area (Å²) < 4.78 is 14.1. The van der Waals surface area contributed by atoms with Crippen molar-refractivity contribution < 1.29 is 14.3 Å². The number of hydrogen-bond acceptors (Lipinski definition) is 2. The highest BCUT2D eigenvalue weighted by Gasteiger charge is 2.20. The lowest BCUT2D eigenvalue weighted by Crippen LogP contribution is -2.40. The zero-order valence-corrected chi connectivity index (χ0v) is 11.3. The van der Waals surface area contributed by atoms with Crippen molar-refractivity contribution in [1.29, 1.82) is 0 Å². The Hall–Kier alpha value is -0.940. The number of nitrogens with one attached hydrogen (secondary N) is 1. The second-order valence-electron chi connectivity index (χ2n) is 4.18. The molecule has 3 nitrogen and oxygen atoms in total. The fourth-order valence-electron chi connectivity index (χ4n) is 1.49. The van der Waals surface area contributed by atoms with Crippen LogP contribution < -0.4 is 5.32 Å². The molecule has 5 heteroatoms. The van der Waals surface area contributed by atoms with E-state index in [1.165, 1.54) is 6.07 Å². The molecule has 0 saturated heterocycles. The molecule has 0 aliphatic rings. The first-order valence-electron chi connectivity index (χ1n) is 5.32. The molecule has 0 spiro atoms. The van der Waals surface area contributed by atoms with E-state index in [0.717, 1.165) is 0 Å². The minimum atomic E-state index is -0.919. The highest BCUT2D eigenvalue weighted by Crippen LogP contribution is 2.15. The molecule has 0 heterocycles. The second kappa shape index (κ2) is 6.12. The van der Waals surface area contributed by atoms with Gasteiger partial charge in [-0.2, -0.15) is 0 Å². The standard InChI is InChI=1S/C12H15BrFNO2/c1-7(2)11(12(16)17)15-6-8-3-4-9(13)5-10(8)14/h3-5,7,11,15H,6H2,1-2H3,(H,16,17). The van der Waals surface area contributed by atoms with Crippen LogP contribution in [0.1, 0.15) is 19.4 Å². The van der Waals surface area contributed by atoms with Gasteiger partial charge >= 0.3 is 5.97 Å². The molecule has 0 aliphatic heterocycles. The fraction of sp³-hybridized carbons (Fsp3) is 0.417. The van der Waals surface area contributed by atoms with Crippen LogP contribution in [0.2, 0.25) is 0 Å². The zero-order chi connectivity index (χ0) is 13.0. The average Bonchev–Trinajstić information content (AvgIpc) is 2.20. The van der Waals surface area contributed by atoms with Crippen molar-refractivity contribution in [2.75, 3.05) is 0 Å². The third-order valence-electron chi connectivity index (χ3n) is 2.46. The average molecular weight is 304 g/mol. The van der Waals surface area contributed by atoms with Crippen molar-refractivity contribution in [1.82, 2.24) is 5.32 Å². The molecule has 0 aliphatic carbocycles. The summed E-state index contributed by atoms with van der Waals surface area (Å²) in [4.78, 5) is 10.9. The van der Waals surface area contributed by atoms with E-state index in [0.29, 0.717) is 10.0 Å². The van der Waals surface area contributed by atoms with Gasteiger partial charge in [0.2, 0.25) is 0 Å². The molecule has 1 rings (SSSR count). The first-order chi connectivity index (χ1) is 7.91. The van der Waals surface area contributed by atoms with Gasteiger partial charge in [0.15, 0.2) is 0 Å². The molecule has 1 unspecified atom stereocenters. The fourth-order valence-corrected chi connectivity index (χ4v) is 1.83. The van der Waals surface area contributed by atoms with E-state index in [4.69, 9.17) is 5.11 Å². The normalized spacial score (nSPS) is 12.8. The summed E-state index contributed by atoms with van der Waals surface area (Å²) >= 11 is 3.17. The minimum absolute atomic E-state index is 0.0500. The van der Waals surface area contributed by atoms with Crippen molar-refractivity contribution in [2.45, 2.75) is 26.4 Å². The van der Waals surface area contributed by atoms with Crippen LogP contribution in [0.15, 0.2) is 22.7 Å². The predicted octanol–water partition coefficient (Wildman–Crippen LogP) is 2.79. The van der Waals surface area contributed by atoms with Crippen LogP contribution in [-0.2, 0) is 11.3 Å². The molecule has 1 atom stereocenters. The maximum atomic E-state index is 13.5. The van der Waals surface area contributed by atoms with Crippen molar-refractivity contribution in [3.63, 3.8) is 0 Å². The summed E-state index contributed by atoms with van der Waals surface area (Å²) in [7, 11) is 0. The molecule has 0 radical (unpaired) electrons. The highest BCUT2D eigenvalue weighted by atomic mass is 79.9. The quantitative estimate of drug-likeness (QED) is 0.879. The van der Waals surface area contributed by atoms with Crippen LogP contribution in [0.4, 0.5) is 4.39 Å². The monoisotopic (exact) mass is 303 g/mol. The van der Waals surface area contributed by atoms with Crippen LogP contribution >= 0.6 is 15.9 Å². The largest absolute Gasteiger partial charge is 0.480 e. The Balaban J connectivity index is 2.69. The van der Waals surface area contributed by atoms with E-state index < -0.39 is 12.0 Å². The summed E-state index contributed by atoms with van der Waals surface area (Å²) in [5, 5.41) is 11.8. The third-order valence-corrected chi connectivity index (χ3v) is 2.95. The Kier molecular flexibility index (Phi) is 5.08. The van der Waals surface area contributed by atoms with Crippen molar-refractivity contribution in [3.8, 4) is 0 Å². The van der Waals surface area contributed by atoms with Crippen LogP contribution in [0.25, 0.3) is 0 Å². The molecule has 1 aromatic rings. The van der Waals surface area contributed by atoms with Crippen LogP contribution in [-0.4, -0.2) is 17.1 Å². The van der Waals surface area contributed by atoms with Gasteiger partial charge in [-0.15, -0.1) is 0 Å². The maximum absolute atomic E-state index is 13.5. The summed E-state index contributed by atoms with van der Waals surface area (Å²) in [5.74, 6) is -1.32. The molecule has 0 amide bonds. The highest BCUT2D eigenvalue weighted by molar-refractivity contribution is 9.10. The molecule has 2 N–H and O–H groups in total. The van der Waals surface area contributed by atoms with Gasteiger partial charge in [-0.3, -0.25) is 10.1 Å². The molecule has 0 saturated carbocycles. The van der Waals surface area contributed by atoms with E-state index in [9.17, 15) is 9.18 Å². The number of hydrogen-bond donors (Lipinski definition) is 2. The smallest absolute Gasteiger partial charge is 0.320 e. The van der Waals surface area contributed by atoms with Crippen molar-refractivity contribution in [3.05, 3.63) is 34.1 Å². The molecule has 0 fully saturated rings. The number of aliphatic carboxylic acids is 1. The third kappa shape index (κ3) is 4.09. The SMILES string of the molecule is CC(C)C(NCc1ccc(Br)cc1F)C(=O)O. The topological polar surface area (TPSA) is 49.3 Å². The minimum Gasteiger partial charge on any atom is -0.480 e.